The molecule has 0 N–H and O–H groups in total. The van der Waals surface area contributed by atoms with Crippen LogP contribution in [0.5, 0.6) is 0 Å². The van der Waals surface area contributed by atoms with Gasteiger partial charge in [-0.25, -0.2) is 14.0 Å². The summed E-state index contributed by atoms with van der Waals surface area (Å²) < 4.78 is 28.3. The van der Waals surface area contributed by atoms with E-state index in [0.29, 0.717) is 17.7 Å². The van der Waals surface area contributed by atoms with Gasteiger partial charge in [-0.1, -0.05) is 0 Å². The third kappa shape index (κ3) is 2.86. The van der Waals surface area contributed by atoms with E-state index in [2.05, 4.69) is 0 Å². The molecule has 2 aromatic rings. The number of benzene rings is 1. The topological polar surface area (TPSA) is 65.7 Å². The van der Waals surface area contributed by atoms with Gasteiger partial charge in [-0.15, -0.1) is 0 Å². The first-order valence-electron chi connectivity index (χ1n) is 6.80. The molecule has 0 radical (unpaired) electrons. The van der Waals surface area contributed by atoms with Crippen LogP contribution in [0.25, 0.3) is 11.3 Å². The minimum Gasteiger partial charge on any atom is -0.460 e. The number of carbonyl (C=O) groups excluding carboxylic acids is 2. The van der Waals surface area contributed by atoms with Gasteiger partial charge in [0.05, 0.1) is 0 Å². The molecule has 0 saturated carbocycles. The summed E-state index contributed by atoms with van der Waals surface area (Å²) >= 11 is 0. The highest BCUT2D eigenvalue weighted by atomic mass is 19.1. The van der Waals surface area contributed by atoms with Gasteiger partial charge in [0, 0.05) is 12.0 Å². The van der Waals surface area contributed by atoms with E-state index in [1.54, 1.807) is 25.1 Å². The number of furan rings is 1. The number of ether oxygens (including phenoxy) is 2. The Hall–Kier alpha value is -2.63. The van der Waals surface area contributed by atoms with Crippen molar-refractivity contribution in [1.82, 2.24) is 0 Å². The van der Waals surface area contributed by atoms with E-state index in [1.165, 1.54) is 18.2 Å². The Kier molecular flexibility index (Phi) is 3.66. The molecular weight excluding hydrogens is 291 g/mol. The maximum Gasteiger partial charge on any atom is 0.375 e. The second-order valence-electron chi connectivity index (χ2n) is 5.05. The highest BCUT2D eigenvalue weighted by Crippen LogP contribution is 2.24. The molecule has 3 rings (SSSR count). The normalized spacial score (nSPS) is 20.7. The number of hydrogen-bond donors (Lipinski definition) is 0. The summed E-state index contributed by atoms with van der Waals surface area (Å²) in [6.07, 6.45) is -0.839. The molecule has 2 heterocycles. The van der Waals surface area contributed by atoms with E-state index in [-0.39, 0.29) is 17.7 Å². The molecule has 1 aromatic carbocycles. The summed E-state index contributed by atoms with van der Waals surface area (Å²) in [5.41, 5.74) is 0.634. The van der Waals surface area contributed by atoms with Gasteiger partial charge < -0.3 is 13.9 Å². The van der Waals surface area contributed by atoms with Crippen LogP contribution in [0.15, 0.2) is 40.8 Å². The molecule has 5 nitrogen and oxygen atoms in total. The van der Waals surface area contributed by atoms with Crippen LogP contribution in [0.2, 0.25) is 0 Å². The van der Waals surface area contributed by atoms with Crippen LogP contribution in [0, 0.1) is 5.82 Å². The molecule has 2 atom stereocenters. The first-order chi connectivity index (χ1) is 10.5. The Morgan fingerprint density at radius 3 is 2.59 bits per heavy atom. The van der Waals surface area contributed by atoms with Crippen LogP contribution in [-0.4, -0.2) is 24.1 Å². The van der Waals surface area contributed by atoms with Crippen molar-refractivity contribution in [2.45, 2.75) is 25.6 Å². The molecule has 1 fully saturated rings. The number of rotatable bonds is 3. The average molecular weight is 304 g/mol. The van der Waals surface area contributed by atoms with E-state index >= 15 is 0 Å². The second-order valence-corrected chi connectivity index (χ2v) is 5.05. The van der Waals surface area contributed by atoms with E-state index in [0.717, 1.165) is 0 Å². The fourth-order valence-corrected chi connectivity index (χ4v) is 2.22. The zero-order chi connectivity index (χ0) is 15.7. The van der Waals surface area contributed by atoms with Crippen LogP contribution < -0.4 is 0 Å². The monoisotopic (exact) mass is 304 g/mol. The average Bonchev–Trinajstić information content (AvgIpc) is 3.07. The van der Waals surface area contributed by atoms with Crippen molar-refractivity contribution in [3.05, 3.63) is 48.0 Å². The van der Waals surface area contributed by atoms with Crippen LogP contribution in [0.4, 0.5) is 4.39 Å². The van der Waals surface area contributed by atoms with Crippen molar-refractivity contribution in [3.8, 4) is 11.3 Å². The molecule has 1 aromatic heterocycles. The Balaban J connectivity index is 1.72. The van der Waals surface area contributed by atoms with E-state index < -0.39 is 18.0 Å². The smallest absolute Gasteiger partial charge is 0.375 e. The van der Waals surface area contributed by atoms with Gasteiger partial charge in [0.1, 0.15) is 17.7 Å². The third-order valence-corrected chi connectivity index (χ3v) is 3.31. The molecule has 0 unspecified atom stereocenters. The highest BCUT2D eigenvalue weighted by molar-refractivity contribution is 5.90. The molecule has 22 heavy (non-hydrogen) atoms. The zero-order valence-electron chi connectivity index (χ0n) is 11.7. The fraction of sp³-hybridized carbons (Fsp3) is 0.250. The molecular formula is C16H13FO5. The molecule has 1 aliphatic heterocycles. The Labute approximate surface area is 125 Å². The maximum atomic E-state index is 12.9. The number of halogens is 1. The molecule has 1 aliphatic rings. The van der Waals surface area contributed by atoms with Crippen LogP contribution >= 0.6 is 0 Å². The summed E-state index contributed by atoms with van der Waals surface area (Å²) in [6, 6.07) is 8.71. The lowest BCUT2D eigenvalue weighted by molar-refractivity contribution is -0.147. The largest absolute Gasteiger partial charge is 0.460 e. The Bertz CT molecular complexity index is 704. The quantitative estimate of drug-likeness (QED) is 0.816. The van der Waals surface area contributed by atoms with Crippen molar-refractivity contribution in [2.24, 2.45) is 0 Å². The van der Waals surface area contributed by atoms with E-state index in [4.69, 9.17) is 13.9 Å². The zero-order valence-corrected chi connectivity index (χ0v) is 11.7. The van der Waals surface area contributed by atoms with Gasteiger partial charge in [-0.2, -0.15) is 0 Å². The lowest BCUT2D eigenvalue weighted by Gasteiger charge is -2.06. The minimum absolute atomic E-state index is 0.0216. The lowest BCUT2D eigenvalue weighted by Crippen LogP contribution is -2.22. The molecule has 1 saturated heterocycles. The van der Waals surface area contributed by atoms with Gasteiger partial charge in [0.15, 0.2) is 0 Å². The summed E-state index contributed by atoms with van der Waals surface area (Å²) in [4.78, 5) is 23.4. The molecule has 0 aliphatic carbocycles. The number of cyclic esters (lactones) is 1. The van der Waals surface area contributed by atoms with E-state index in [9.17, 15) is 14.0 Å². The van der Waals surface area contributed by atoms with Crippen molar-refractivity contribution >= 4 is 11.9 Å². The summed E-state index contributed by atoms with van der Waals surface area (Å²) in [7, 11) is 0. The molecule has 114 valence electrons. The first kappa shape index (κ1) is 14.3. The van der Waals surface area contributed by atoms with Crippen LogP contribution in [0.1, 0.15) is 23.9 Å². The van der Waals surface area contributed by atoms with Crippen LogP contribution in [0.3, 0.4) is 0 Å². The number of hydrogen-bond acceptors (Lipinski definition) is 5. The van der Waals surface area contributed by atoms with Gasteiger partial charge in [-0.05, 0) is 43.3 Å². The second kappa shape index (κ2) is 5.63. The predicted molar refractivity (Wildman–Crippen MR) is 73.5 cm³/mol. The van der Waals surface area contributed by atoms with Crippen molar-refractivity contribution in [2.75, 3.05) is 0 Å². The van der Waals surface area contributed by atoms with Crippen molar-refractivity contribution in [1.29, 1.82) is 0 Å². The minimum atomic E-state index is -0.901. The Morgan fingerprint density at radius 2 is 1.95 bits per heavy atom. The Morgan fingerprint density at radius 1 is 1.23 bits per heavy atom. The van der Waals surface area contributed by atoms with Gasteiger partial charge in [0.25, 0.3) is 0 Å². The van der Waals surface area contributed by atoms with Gasteiger partial charge in [0.2, 0.25) is 11.9 Å². The third-order valence-electron chi connectivity index (χ3n) is 3.31. The van der Waals surface area contributed by atoms with Gasteiger partial charge in [-0.3, -0.25) is 0 Å². The molecule has 0 spiro atoms. The number of carbonyl (C=O) groups is 2. The SMILES string of the molecule is C[C@@H]1C[C@H](OC(=O)c2ccc(-c3ccc(F)cc3)o2)C(=O)O1. The standard InChI is InChI=1S/C16H13FO5/c1-9-8-14(16(19)20-9)22-15(18)13-7-6-12(21-13)10-2-4-11(17)5-3-10/h2-7,9,14H,8H2,1H3/t9-,14+/m1/s1. The van der Waals surface area contributed by atoms with Crippen LogP contribution in [-0.2, 0) is 14.3 Å². The maximum absolute atomic E-state index is 12.9. The summed E-state index contributed by atoms with van der Waals surface area (Å²) in [5.74, 6) is -1.25. The van der Waals surface area contributed by atoms with Crippen molar-refractivity contribution in [3.63, 3.8) is 0 Å². The molecule has 0 amide bonds. The number of esters is 2. The summed E-state index contributed by atoms with van der Waals surface area (Å²) in [5, 5.41) is 0. The summed E-state index contributed by atoms with van der Waals surface area (Å²) in [6.45, 7) is 1.73. The molecule has 0 bridgehead atoms. The van der Waals surface area contributed by atoms with E-state index in [1.807, 2.05) is 0 Å². The van der Waals surface area contributed by atoms with Gasteiger partial charge >= 0.3 is 11.9 Å². The predicted octanol–water partition coefficient (Wildman–Crippen LogP) is 2.95. The highest BCUT2D eigenvalue weighted by Gasteiger charge is 2.35. The van der Waals surface area contributed by atoms with Crippen molar-refractivity contribution < 1.29 is 27.9 Å². The molecule has 6 heteroatoms. The first-order valence-corrected chi connectivity index (χ1v) is 6.80. The fourth-order valence-electron chi connectivity index (χ4n) is 2.22. The lowest BCUT2D eigenvalue weighted by atomic mass is 10.2.